The molecular weight excluding hydrogens is 310 g/mol. The molecule has 0 aliphatic rings. The average molecular weight is 325 g/mol. The van der Waals surface area contributed by atoms with Gasteiger partial charge in [-0.05, 0) is 38.5 Å². The maximum atomic E-state index is 13.7. The summed E-state index contributed by atoms with van der Waals surface area (Å²) < 4.78 is 50.4. The molecule has 1 aromatic rings. The quantitative estimate of drug-likeness (QED) is 0.658. The third-order valence-corrected chi connectivity index (χ3v) is 3.68. The first kappa shape index (κ1) is 17.8. The fourth-order valence-corrected chi connectivity index (χ4v) is 2.15. The van der Waals surface area contributed by atoms with Gasteiger partial charge in [0.1, 0.15) is 11.4 Å². The van der Waals surface area contributed by atoms with Crippen molar-refractivity contribution in [2.45, 2.75) is 37.4 Å². The monoisotopic (exact) mass is 325 g/mol. The van der Waals surface area contributed by atoms with Crippen LogP contribution in [-0.4, -0.2) is 28.5 Å². The second-order valence-electron chi connectivity index (χ2n) is 5.01. The van der Waals surface area contributed by atoms with E-state index in [0.717, 1.165) is 12.1 Å². The molecule has 1 rings (SSSR count). The molecule has 0 spiro atoms. The number of rotatable bonds is 4. The van der Waals surface area contributed by atoms with Crippen molar-refractivity contribution in [1.29, 1.82) is 0 Å². The number of anilines is 1. The Bertz CT molecular complexity index is 538. The summed E-state index contributed by atoms with van der Waals surface area (Å²) in [6, 6.07) is 2.17. The number of halogens is 4. The number of alkyl halides is 3. The number of aliphatic hydroxyl groups is 1. The minimum atomic E-state index is -4.35. The van der Waals surface area contributed by atoms with E-state index in [0.29, 0.717) is 17.3 Å². The van der Waals surface area contributed by atoms with E-state index in [9.17, 15) is 27.5 Å². The number of hydrogen-bond acceptors (Lipinski definition) is 3. The molecule has 1 amide bonds. The molecule has 2 N–H and O–H groups in total. The Morgan fingerprint density at radius 1 is 1.33 bits per heavy atom. The van der Waals surface area contributed by atoms with Crippen LogP contribution in [0, 0.1) is 12.7 Å². The van der Waals surface area contributed by atoms with Crippen molar-refractivity contribution < 1.29 is 27.5 Å². The van der Waals surface area contributed by atoms with Crippen molar-refractivity contribution in [2.75, 3.05) is 11.1 Å². The third kappa shape index (κ3) is 5.55. The number of thioether (sulfide) groups is 1. The van der Waals surface area contributed by atoms with Crippen molar-refractivity contribution in [3.05, 3.63) is 23.5 Å². The third-order valence-electron chi connectivity index (χ3n) is 2.46. The molecule has 118 valence electrons. The maximum Gasteiger partial charge on any atom is 0.398 e. The summed E-state index contributed by atoms with van der Waals surface area (Å²) >= 11 is 0.506. The van der Waals surface area contributed by atoms with Gasteiger partial charge in [0.15, 0.2) is 0 Å². The molecule has 8 heteroatoms. The van der Waals surface area contributed by atoms with Gasteiger partial charge in [-0.1, -0.05) is 0 Å². The molecule has 0 unspecified atom stereocenters. The Morgan fingerprint density at radius 2 is 1.90 bits per heavy atom. The fourth-order valence-electron chi connectivity index (χ4n) is 1.34. The molecule has 0 saturated carbocycles. The highest BCUT2D eigenvalue weighted by Gasteiger charge is 2.28. The summed E-state index contributed by atoms with van der Waals surface area (Å²) in [5.41, 5.74) is -1.66. The maximum absolute atomic E-state index is 13.7. The minimum absolute atomic E-state index is 0.208. The van der Waals surface area contributed by atoms with Gasteiger partial charge in [-0.15, -0.1) is 11.8 Å². The van der Waals surface area contributed by atoms with Gasteiger partial charge in [0, 0.05) is 4.90 Å². The Balaban J connectivity index is 2.98. The lowest BCUT2D eigenvalue weighted by Gasteiger charge is -2.18. The van der Waals surface area contributed by atoms with Crippen LogP contribution in [0.5, 0.6) is 0 Å². The summed E-state index contributed by atoms with van der Waals surface area (Å²) in [7, 11) is 0. The molecule has 0 saturated heterocycles. The predicted molar refractivity (Wildman–Crippen MR) is 72.8 cm³/mol. The Morgan fingerprint density at radius 3 is 2.38 bits per heavy atom. The lowest BCUT2D eigenvalue weighted by molar-refractivity contribution is -0.130. The number of aryl methyl sites for hydroxylation is 1. The summed E-state index contributed by atoms with van der Waals surface area (Å²) in [5, 5.41) is 11.6. The van der Waals surface area contributed by atoms with Gasteiger partial charge in [-0.3, -0.25) is 4.79 Å². The number of benzene rings is 1. The smallest absolute Gasteiger partial charge is 0.381 e. The SMILES string of the molecule is Cc1cc(F)c(NC(=O)C(C)(C)O)cc1SCC(F)(F)F. The molecule has 0 heterocycles. The van der Waals surface area contributed by atoms with Crippen LogP contribution in [0.3, 0.4) is 0 Å². The van der Waals surface area contributed by atoms with E-state index >= 15 is 0 Å². The van der Waals surface area contributed by atoms with Crippen LogP contribution in [0.4, 0.5) is 23.2 Å². The molecule has 3 nitrogen and oxygen atoms in total. The molecule has 0 aromatic heterocycles. The summed E-state index contributed by atoms with van der Waals surface area (Å²) in [4.78, 5) is 11.8. The lowest BCUT2D eigenvalue weighted by atomic mass is 10.1. The van der Waals surface area contributed by atoms with Gasteiger partial charge in [-0.25, -0.2) is 4.39 Å². The zero-order valence-corrected chi connectivity index (χ0v) is 12.5. The second-order valence-corrected chi connectivity index (χ2v) is 6.03. The van der Waals surface area contributed by atoms with E-state index in [1.807, 2.05) is 0 Å². The number of hydrogen-bond donors (Lipinski definition) is 2. The van der Waals surface area contributed by atoms with E-state index in [4.69, 9.17) is 0 Å². The summed E-state index contributed by atoms with van der Waals surface area (Å²) in [6.07, 6.45) is -4.35. The second kappa shape index (κ2) is 6.23. The highest BCUT2D eigenvalue weighted by atomic mass is 32.2. The molecule has 1 aromatic carbocycles. The summed E-state index contributed by atoms with van der Waals surface area (Å²) in [5.74, 6) is -2.74. The van der Waals surface area contributed by atoms with Crippen LogP contribution in [0.15, 0.2) is 17.0 Å². The largest absolute Gasteiger partial charge is 0.398 e. The van der Waals surface area contributed by atoms with E-state index in [2.05, 4.69) is 5.32 Å². The van der Waals surface area contributed by atoms with Gasteiger partial charge in [0.2, 0.25) is 0 Å². The standard InChI is InChI=1S/C13H15F4NO2S/c1-7-4-8(14)9(18-11(19)12(2,3)20)5-10(7)21-6-13(15,16)17/h4-5,20H,6H2,1-3H3,(H,18,19). The highest BCUT2D eigenvalue weighted by Crippen LogP contribution is 2.32. The highest BCUT2D eigenvalue weighted by molar-refractivity contribution is 7.99. The fraction of sp³-hybridized carbons (Fsp3) is 0.462. The van der Waals surface area contributed by atoms with Gasteiger partial charge in [0.05, 0.1) is 11.4 Å². The number of carbonyl (C=O) groups is 1. The van der Waals surface area contributed by atoms with Crippen LogP contribution >= 0.6 is 11.8 Å². The topological polar surface area (TPSA) is 49.3 Å². The Kier molecular flexibility index (Phi) is 5.27. The van der Waals surface area contributed by atoms with Crippen LogP contribution in [0.25, 0.3) is 0 Å². The van der Waals surface area contributed by atoms with Crippen molar-refractivity contribution in [3.8, 4) is 0 Å². The first-order valence-electron chi connectivity index (χ1n) is 5.93. The Hall–Kier alpha value is -1.28. The molecule has 0 aliphatic carbocycles. The van der Waals surface area contributed by atoms with Gasteiger partial charge in [-0.2, -0.15) is 13.2 Å². The normalized spacial score (nSPS) is 12.4. The molecule has 0 aliphatic heterocycles. The van der Waals surface area contributed by atoms with E-state index in [-0.39, 0.29) is 10.6 Å². The number of nitrogens with one attached hydrogen (secondary N) is 1. The first-order valence-corrected chi connectivity index (χ1v) is 6.92. The molecular formula is C13H15F4NO2S. The van der Waals surface area contributed by atoms with E-state index in [1.54, 1.807) is 0 Å². The first-order chi connectivity index (χ1) is 9.40. The van der Waals surface area contributed by atoms with Crippen LogP contribution < -0.4 is 5.32 Å². The molecule has 21 heavy (non-hydrogen) atoms. The minimum Gasteiger partial charge on any atom is -0.381 e. The number of amides is 1. The molecule has 0 radical (unpaired) electrons. The molecule has 0 bridgehead atoms. The van der Waals surface area contributed by atoms with Gasteiger partial charge in [0.25, 0.3) is 5.91 Å². The van der Waals surface area contributed by atoms with Crippen LogP contribution in [0.2, 0.25) is 0 Å². The summed E-state index contributed by atoms with van der Waals surface area (Å²) in [6.45, 7) is 3.91. The van der Waals surface area contributed by atoms with Crippen molar-refractivity contribution in [1.82, 2.24) is 0 Å². The van der Waals surface area contributed by atoms with Crippen molar-refractivity contribution in [3.63, 3.8) is 0 Å². The molecule has 0 atom stereocenters. The van der Waals surface area contributed by atoms with Crippen LogP contribution in [-0.2, 0) is 4.79 Å². The lowest BCUT2D eigenvalue weighted by Crippen LogP contribution is -2.36. The number of carbonyl (C=O) groups excluding carboxylic acids is 1. The predicted octanol–water partition coefficient (Wildman–Crippen LogP) is 3.50. The van der Waals surface area contributed by atoms with E-state index in [1.165, 1.54) is 20.8 Å². The van der Waals surface area contributed by atoms with Gasteiger partial charge < -0.3 is 10.4 Å². The van der Waals surface area contributed by atoms with Gasteiger partial charge >= 0.3 is 6.18 Å². The van der Waals surface area contributed by atoms with Crippen molar-refractivity contribution in [2.24, 2.45) is 0 Å². The zero-order chi connectivity index (χ0) is 16.4. The molecule has 0 fully saturated rings. The average Bonchev–Trinajstić information content (AvgIpc) is 2.28. The Labute approximate surface area is 123 Å². The zero-order valence-electron chi connectivity index (χ0n) is 11.6. The van der Waals surface area contributed by atoms with Crippen molar-refractivity contribution >= 4 is 23.4 Å². The van der Waals surface area contributed by atoms with E-state index < -0.39 is 29.3 Å². The van der Waals surface area contributed by atoms with Crippen LogP contribution in [0.1, 0.15) is 19.4 Å².